The molecule has 0 unspecified atom stereocenters. The average molecular weight is 349 g/mol. The molecule has 25 heavy (non-hydrogen) atoms. The van der Waals surface area contributed by atoms with Crippen LogP contribution >= 0.6 is 0 Å². The maximum Gasteiger partial charge on any atom is 0.269 e. The fourth-order valence-corrected chi connectivity index (χ4v) is 3.35. The molecule has 0 aromatic heterocycles. The summed E-state index contributed by atoms with van der Waals surface area (Å²) in [6.07, 6.45) is 1.21. The molecule has 1 aliphatic rings. The number of non-ortho nitro benzene ring substituents is 1. The van der Waals surface area contributed by atoms with Crippen LogP contribution < -0.4 is 10.6 Å². The van der Waals surface area contributed by atoms with E-state index in [0.29, 0.717) is 24.2 Å². The van der Waals surface area contributed by atoms with Gasteiger partial charge >= 0.3 is 0 Å². The molecule has 1 atom stereocenters. The summed E-state index contributed by atoms with van der Waals surface area (Å²) in [5.41, 5.74) is 0.848. The topological polar surface area (TPSA) is 93.5 Å². The first-order chi connectivity index (χ1) is 11.5. The predicted octanol–water partition coefficient (Wildman–Crippen LogP) is 3.17. The number of ether oxygens (including phenoxy) is 1. The molecule has 138 valence electrons. The molecule has 1 heterocycles. The van der Waals surface area contributed by atoms with Crippen LogP contribution in [0.4, 0.5) is 11.4 Å². The van der Waals surface area contributed by atoms with Crippen molar-refractivity contribution >= 4 is 17.3 Å². The van der Waals surface area contributed by atoms with E-state index in [-0.39, 0.29) is 28.8 Å². The van der Waals surface area contributed by atoms with E-state index in [1.807, 2.05) is 0 Å². The largest absolute Gasteiger partial charge is 0.368 e. The Kier molecular flexibility index (Phi) is 5.49. The van der Waals surface area contributed by atoms with Crippen molar-refractivity contribution in [1.29, 1.82) is 0 Å². The quantitative estimate of drug-likeness (QED) is 0.608. The molecule has 1 fully saturated rings. The van der Waals surface area contributed by atoms with Gasteiger partial charge in [-0.05, 0) is 52.7 Å². The maximum atomic E-state index is 12.1. The molecule has 2 rings (SSSR count). The summed E-state index contributed by atoms with van der Waals surface area (Å²) in [6, 6.07) is 4.60. The highest BCUT2D eigenvalue weighted by atomic mass is 16.6. The third-order valence-corrected chi connectivity index (χ3v) is 4.51. The molecule has 1 saturated heterocycles. The molecule has 0 bridgehead atoms. The Hall–Kier alpha value is -1.99. The van der Waals surface area contributed by atoms with Crippen LogP contribution in [-0.4, -0.2) is 34.6 Å². The number of benzene rings is 1. The number of nitro benzene ring substituents is 1. The van der Waals surface area contributed by atoms with Gasteiger partial charge in [-0.3, -0.25) is 14.9 Å². The van der Waals surface area contributed by atoms with Gasteiger partial charge in [-0.2, -0.15) is 0 Å². The van der Waals surface area contributed by atoms with Gasteiger partial charge in [-0.15, -0.1) is 0 Å². The molecule has 1 aromatic carbocycles. The van der Waals surface area contributed by atoms with Gasteiger partial charge in [0.15, 0.2) is 0 Å². The Bertz CT molecular complexity index is 670. The molecule has 1 amide bonds. The summed E-state index contributed by atoms with van der Waals surface area (Å²) in [6.45, 7) is 10.5. The lowest BCUT2D eigenvalue weighted by Gasteiger charge is -2.27. The van der Waals surface area contributed by atoms with Crippen molar-refractivity contribution in [2.24, 2.45) is 0 Å². The van der Waals surface area contributed by atoms with E-state index < -0.39 is 4.92 Å². The zero-order chi connectivity index (χ0) is 18.8. The molecule has 1 aromatic rings. The number of nitrogens with one attached hydrogen (secondary N) is 2. The van der Waals surface area contributed by atoms with Crippen molar-refractivity contribution in [1.82, 2.24) is 5.32 Å². The molecular weight excluding hydrogens is 322 g/mol. The highest BCUT2D eigenvalue weighted by Crippen LogP contribution is 2.37. The Morgan fingerprint density at radius 3 is 2.56 bits per heavy atom. The van der Waals surface area contributed by atoms with Crippen LogP contribution in [0.15, 0.2) is 18.2 Å². The molecule has 0 spiro atoms. The molecular formula is C18H27N3O4. The molecule has 2 N–H and O–H groups in total. The zero-order valence-corrected chi connectivity index (χ0v) is 15.5. The van der Waals surface area contributed by atoms with Crippen LogP contribution in [0.1, 0.15) is 46.1 Å². The normalized spacial score (nSPS) is 21.1. The number of hydrogen-bond donors (Lipinski definition) is 2. The second kappa shape index (κ2) is 7.09. The smallest absolute Gasteiger partial charge is 0.269 e. The van der Waals surface area contributed by atoms with Crippen molar-refractivity contribution in [3.8, 4) is 0 Å². The lowest BCUT2D eigenvalue weighted by atomic mass is 9.94. The third-order valence-electron chi connectivity index (χ3n) is 4.51. The van der Waals surface area contributed by atoms with Gasteiger partial charge < -0.3 is 15.4 Å². The summed E-state index contributed by atoms with van der Waals surface area (Å²) in [4.78, 5) is 22.4. The first-order valence-electron chi connectivity index (χ1n) is 8.49. The molecule has 7 heteroatoms. The van der Waals surface area contributed by atoms with Crippen LogP contribution in [0, 0.1) is 17.0 Å². The summed E-state index contributed by atoms with van der Waals surface area (Å²) < 4.78 is 6.03. The molecule has 1 aliphatic heterocycles. The first-order valence-corrected chi connectivity index (χ1v) is 8.49. The second-order valence-electron chi connectivity index (χ2n) is 7.73. The highest BCUT2D eigenvalue weighted by Gasteiger charge is 2.45. The van der Waals surface area contributed by atoms with Gasteiger partial charge in [0, 0.05) is 36.8 Å². The third kappa shape index (κ3) is 4.99. The highest BCUT2D eigenvalue weighted by molar-refractivity contribution is 5.91. The molecule has 0 aliphatic carbocycles. The number of anilines is 1. The minimum atomic E-state index is -0.449. The lowest BCUT2D eigenvalue weighted by molar-refractivity contribution is -0.384. The van der Waals surface area contributed by atoms with Crippen LogP contribution in [0.5, 0.6) is 0 Å². The van der Waals surface area contributed by atoms with Crippen LogP contribution in [0.25, 0.3) is 0 Å². The standard InChI is InChI=1S/C18H27N3O4/c1-12-10-13(21(23)24)6-7-14(12)20-16(22)8-9-19-15-11-17(2,3)25-18(15,4)5/h6-7,10,15,19H,8-9,11H2,1-5H3,(H,20,22)/t15-/m1/s1. The van der Waals surface area contributed by atoms with Crippen molar-refractivity contribution in [3.05, 3.63) is 33.9 Å². The number of nitro groups is 1. The number of carbonyl (C=O) groups excluding carboxylic acids is 1. The molecule has 7 nitrogen and oxygen atoms in total. The van der Waals surface area contributed by atoms with E-state index in [1.54, 1.807) is 13.0 Å². The lowest BCUT2D eigenvalue weighted by Crippen LogP contribution is -2.44. The summed E-state index contributed by atoms with van der Waals surface area (Å²) in [5.74, 6) is -0.125. The second-order valence-corrected chi connectivity index (χ2v) is 7.73. The molecule has 0 saturated carbocycles. The van der Waals surface area contributed by atoms with Gasteiger partial charge in [-0.25, -0.2) is 0 Å². The Labute approximate surface area is 148 Å². The fourth-order valence-electron chi connectivity index (χ4n) is 3.35. The SMILES string of the molecule is Cc1cc([N+](=O)[O-])ccc1NC(=O)CCN[C@@H]1CC(C)(C)OC1(C)C. The van der Waals surface area contributed by atoms with E-state index in [1.165, 1.54) is 12.1 Å². The van der Waals surface area contributed by atoms with Gasteiger partial charge in [0.2, 0.25) is 5.91 Å². The minimum absolute atomic E-state index is 0.0169. The van der Waals surface area contributed by atoms with Crippen LogP contribution in [-0.2, 0) is 9.53 Å². The van der Waals surface area contributed by atoms with E-state index in [4.69, 9.17) is 4.74 Å². The summed E-state index contributed by atoms with van der Waals surface area (Å²) >= 11 is 0. The fraction of sp³-hybridized carbons (Fsp3) is 0.611. The number of aryl methyl sites for hydroxylation is 1. The van der Waals surface area contributed by atoms with Crippen molar-refractivity contribution in [2.45, 2.75) is 64.7 Å². The zero-order valence-electron chi connectivity index (χ0n) is 15.5. The number of carbonyl (C=O) groups is 1. The minimum Gasteiger partial charge on any atom is -0.368 e. The first kappa shape index (κ1) is 19.3. The predicted molar refractivity (Wildman–Crippen MR) is 96.7 cm³/mol. The summed E-state index contributed by atoms with van der Waals surface area (Å²) in [5, 5.41) is 17.0. The van der Waals surface area contributed by atoms with Crippen molar-refractivity contribution in [2.75, 3.05) is 11.9 Å². The number of nitrogens with zero attached hydrogens (tertiary/aromatic N) is 1. The van der Waals surface area contributed by atoms with Gasteiger partial charge in [0.05, 0.1) is 16.1 Å². The van der Waals surface area contributed by atoms with Crippen LogP contribution in [0.2, 0.25) is 0 Å². The van der Waals surface area contributed by atoms with Crippen LogP contribution in [0.3, 0.4) is 0 Å². The Balaban J connectivity index is 1.84. The van der Waals surface area contributed by atoms with Gasteiger partial charge in [0.25, 0.3) is 5.69 Å². The van der Waals surface area contributed by atoms with E-state index in [0.717, 1.165) is 6.42 Å². The number of rotatable bonds is 6. The maximum absolute atomic E-state index is 12.1. The average Bonchev–Trinajstić information content (AvgIpc) is 2.68. The van der Waals surface area contributed by atoms with E-state index in [2.05, 4.69) is 38.3 Å². The Morgan fingerprint density at radius 2 is 2.04 bits per heavy atom. The van der Waals surface area contributed by atoms with E-state index in [9.17, 15) is 14.9 Å². The Morgan fingerprint density at radius 1 is 1.36 bits per heavy atom. The van der Waals surface area contributed by atoms with Gasteiger partial charge in [0.1, 0.15) is 0 Å². The number of hydrogen-bond acceptors (Lipinski definition) is 5. The van der Waals surface area contributed by atoms with Crippen molar-refractivity contribution in [3.63, 3.8) is 0 Å². The van der Waals surface area contributed by atoms with Gasteiger partial charge in [-0.1, -0.05) is 0 Å². The summed E-state index contributed by atoms with van der Waals surface area (Å²) in [7, 11) is 0. The van der Waals surface area contributed by atoms with E-state index >= 15 is 0 Å². The monoisotopic (exact) mass is 349 g/mol. The number of amides is 1. The molecule has 0 radical (unpaired) electrons. The van der Waals surface area contributed by atoms with Crippen molar-refractivity contribution < 1.29 is 14.5 Å².